The summed E-state index contributed by atoms with van der Waals surface area (Å²) in [6.45, 7) is 0.845. The largest absolute Gasteiger partial charge is 0.411 e. The van der Waals surface area contributed by atoms with Crippen molar-refractivity contribution in [1.82, 2.24) is 20.2 Å². The number of nitrogens with one attached hydrogen (secondary N) is 2. The maximum absolute atomic E-state index is 12.1. The Morgan fingerprint density at radius 2 is 1.81 bits per heavy atom. The molecular formula is C22H26F3N5O. The number of nitrogens with zero attached hydrogens (tertiary/aromatic N) is 3. The van der Waals surface area contributed by atoms with Crippen LogP contribution in [0.4, 0.5) is 13.2 Å². The van der Waals surface area contributed by atoms with E-state index in [4.69, 9.17) is 0 Å². The molecule has 0 saturated heterocycles. The fourth-order valence-corrected chi connectivity index (χ4v) is 3.09. The number of rotatable bonds is 9. The van der Waals surface area contributed by atoms with Crippen LogP contribution in [-0.2, 0) is 24.4 Å². The number of fused-ring (bicyclic) bond motifs is 1. The van der Waals surface area contributed by atoms with Crippen LogP contribution in [0.1, 0.15) is 17.5 Å². The van der Waals surface area contributed by atoms with Crippen molar-refractivity contribution < 1.29 is 17.9 Å². The number of benzene rings is 2. The van der Waals surface area contributed by atoms with E-state index in [2.05, 4.69) is 36.0 Å². The Kier molecular flexibility index (Phi) is 7.88. The van der Waals surface area contributed by atoms with Crippen molar-refractivity contribution in [1.29, 1.82) is 0 Å². The van der Waals surface area contributed by atoms with Gasteiger partial charge in [-0.05, 0) is 29.7 Å². The maximum atomic E-state index is 12.1. The number of aliphatic imine (C=N–C) groups is 1. The summed E-state index contributed by atoms with van der Waals surface area (Å²) in [5, 5.41) is 6.51. The van der Waals surface area contributed by atoms with Crippen molar-refractivity contribution in [2.24, 2.45) is 4.99 Å². The normalized spacial score (nSPS) is 12.3. The number of hydrogen-bond donors (Lipinski definition) is 2. The molecule has 0 spiro atoms. The summed E-state index contributed by atoms with van der Waals surface area (Å²) in [7, 11) is 1.71. The quantitative estimate of drug-likeness (QED) is 0.306. The lowest BCUT2D eigenvalue weighted by atomic mass is 10.1. The van der Waals surface area contributed by atoms with Crippen LogP contribution in [0, 0.1) is 0 Å². The van der Waals surface area contributed by atoms with E-state index in [1.54, 1.807) is 19.2 Å². The van der Waals surface area contributed by atoms with E-state index < -0.39 is 12.8 Å². The molecule has 3 rings (SSSR count). The highest BCUT2D eigenvalue weighted by atomic mass is 19.4. The monoisotopic (exact) mass is 433 g/mol. The molecule has 0 fully saturated rings. The predicted molar refractivity (Wildman–Crippen MR) is 115 cm³/mol. The lowest BCUT2D eigenvalue weighted by Gasteiger charge is -2.13. The molecule has 2 aromatic carbocycles. The van der Waals surface area contributed by atoms with E-state index >= 15 is 0 Å². The van der Waals surface area contributed by atoms with E-state index in [-0.39, 0.29) is 6.61 Å². The smallest absolute Gasteiger partial charge is 0.367 e. The van der Waals surface area contributed by atoms with Gasteiger partial charge < -0.3 is 19.9 Å². The Bertz CT molecular complexity index is 983. The zero-order chi connectivity index (χ0) is 22.1. The summed E-state index contributed by atoms with van der Waals surface area (Å²) in [6.07, 6.45) is -1.54. The van der Waals surface area contributed by atoms with E-state index in [0.29, 0.717) is 18.1 Å². The minimum absolute atomic E-state index is 0.0668. The summed E-state index contributed by atoms with van der Waals surface area (Å²) in [5.41, 5.74) is 3.80. The molecule has 0 unspecified atom stereocenters. The predicted octanol–water partition coefficient (Wildman–Crippen LogP) is 3.87. The molecule has 0 saturated carbocycles. The topological polar surface area (TPSA) is 63.5 Å². The van der Waals surface area contributed by atoms with Crippen molar-refractivity contribution in [3.8, 4) is 0 Å². The minimum Gasteiger partial charge on any atom is -0.367 e. The first-order valence-corrected chi connectivity index (χ1v) is 10.0. The second-order valence-electron chi connectivity index (χ2n) is 7.06. The second kappa shape index (κ2) is 10.8. The molecule has 0 bridgehead atoms. The number of halogens is 3. The third-order valence-electron chi connectivity index (χ3n) is 4.64. The number of aromatic nitrogens is 2. The summed E-state index contributed by atoms with van der Waals surface area (Å²) < 4.78 is 43.2. The van der Waals surface area contributed by atoms with E-state index in [1.807, 2.05) is 36.7 Å². The molecule has 6 nitrogen and oxygen atoms in total. The van der Waals surface area contributed by atoms with Crippen LogP contribution >= 0.6 is 0 Å². The zero-order valence-electron chi connectivity index (χ0n) is 17.3. The van der Waals surface area contributed by atoms with Gasteiger partial charge in [0.15, 0.2) is 5.96 Å². The average Bonchev–Trinajstić information content (AvgIpc) is 3.16. The molecule has 0 radical (unpaired) electrons. The van der Waals surface area contributed by atoms with Crippen molar-refractivity contribution in [2.45, 2.75) is 32.3 Å². The van der Waals surface area contributed by atoms with Gasteiger partial charge in [0.05, 0.1) is 24.0 Å². The number of hydrogen-bond acceptors (Lipinski definition) is 3. The van der Waals surface area contributed by atoms with Crippen molar-refractivity contribution in [3.63, 3.8) is 0 Å². The van der Waals surface area contributed by atoms with Crippen LogP contribution < -0.4 is 10.6 Å². The van der Waals surface area contributed by atoms with Crippen LogP contribution in [0.25, 0.3) is 11.0 Å². The van der Waals surface area contributed by atoms with Gasteiger partial charge in [-0.15, -0.1) is 0 Å². The van der Waals surface area contributed by atoms with Gasteiger partial charge in [-0.3, -0.25) is 4.99 Å². The molecule has 0 aliphatic rings. The van der Waals surface area contributed by atoms with Crippen LogP contribution in [-0.4, -0.2) is 41.9 Å². The summed E-state index contributed by atoms with van der Waals surface area (Å²) >= 11 is 0. The van der Waals surface area contributed by atoms with Gasteiger partial charge in [-0.2, -0.15) is 13.2 Å². The molecule has 1 aromatic heterocycles. The Morgan fingerprint density at radius 3 is 2.55 bits per heavy atom. The first-order valence-electron chi connectivity index (χ1n) is 10.0. The van der Waals surface area contributed by atoms with Gasteiger partial charge in [0.2, 0.25) is 0 Å². The maximum Gasteiger partial charge on any atom is 0.411 e. The molecule has 3 aromatic rings. The fraction of sp³-hybridized carbons (Fsp3) is 0.364. The fourth-order valence-electron chi connectivity index (χ4n) is 3.09. The van der Waals surface area contributed by atoms with Crippen LogP contribution in [0.2, 0.25) is 0 Å². The van der Waals surface area contributed by atoms with E-state index in [9.17, 15) is 13.2 Å². The van der Waals surface area contributed by atoms with Crippen molar-refractivity contribution in [3.05, 3.63) is 66.0 Å². The standard InChI is InChI=1S/C22H26F3N5O/c1-26-21(27-11-4-12-30-16-29-19-5-2-3-6-20(19)30)28-13-17-7-9-18(10-8-17)14-31-15-22(23,24)25/h2-3,5-10,16H,4,11-15H2,1H3,(H2,26,27,28). The third kappa shape index (κ3) is 7.29. The van der Waals surface area contributed by atoms with Gasteiger partial charge in [-0.1, -0.05) is 36.4 Å². The lowest BCUT2D eigenvalue weighted by Crippen LogP contribution is -2.37. The highest BCUT2D eigenvalue weighted by Gasteiger charge is 2.27. The van der Waals surface area contributed by atoms with E-state index in [0.717, 1.165) is 36.1 Å². The van der Waals surface area contributed by atoms with Gasteiger partial charge in [-0.25, -0.2) is 4.98 Å². The first-order chi connectivity index (χ1) is 14.9. The molecule has 0 amide bonds. The zero-order valence-corrected chi connectivity index (χ0v) is 17.3. The van der Waals surface area contributed by atoms with Crippen molar-refractivity contribution >= 4 is 17.0 Å². The Balaban J connectivity index is 1.37. The molecule has 0 aliphatic heterocycles. The molecule has 2 N–H and O–H groups in total. The van der Waals surface area contributed by atoms with Crippen LogP contribution in [0.15, 0.2) is 59.9 Å². The summed E-state index contributed by atoms with van der Waals surface area (Å²) in [4.78, 5) is 8.61. The highest BCUT2D eigenvalue weighted by molar-refractivity contribution is 5.79. The van der Waals surface area contributed by atoms with Gasteiger partial charge in [0.1, 0.15) is 6.61 Å². The first kappa shape index (κ1) is 22.6. The average molecular weight is 433 g/mol. The Morgan fingerprint density at radius 1 is 1.06 bits per heavy atom. The Labute approximate surface area is 179 Å². The highest BCUT2D eigenvalue weighted by Crippen LogP contribution is 2.16. The van der Waals surface area contributed by atoms with Gasteiger partial charge in [0, 0.05) is 26.7 Å². The Hall–Kier alpha value is -3.07. The van der Waals surface area contributed by atoms with Crippen molar-refractivity contribution in [2.75, 3.05) is 20.2 Å². The number of alkyl halides is 3. The SMILES string of the molecule is CN=C(NCCCn1cnc2ccccc21)NCc1ccc(COCC(F)(F)F)cc1. The number of para-hydroxylation sites is 2. The van der Waals surface area contributed by atoms with E-state index in [1.165, 1.54) is 0 Å². The molecule has 166 valence electrons. The summed E-state index contributed by atoms with van der Waals surface area (Å²) in [5.74, 6) is 0.688. The molecule has 31 heavy (non-hydrogen) atoms. The second-order valence-corrected chi connectivity index (χ2v) is 7.06. The van der Waals surface area contributed by atoms with Crippen LogP contribution in [0.3, 0.4) is 0 Å². The number of ether oxygens (including phenoxy) is 1. The molecule has 0 aliphatic carbocycles. The number of guanidine groups is 1. The number of imidazole rings is 1. The molecule has 0 atom stereocenters. The van der Waals surface area contributed by atoms with Gasteiger partial charge in [0.25, 0.3) is 0 Å². The minimum atomic E-state index is -4.31. The lowest BCUT2D eigenvalue weighted by molar-refractivity contribution is -0.176. The third-order valence-corrected chi connectivity index (χ3v) is 4.64. The molecule has 9 heteroatoms. The molecule has 1 heterocycles. The van der Waals surface area contributed by atoms with Gasteiger partial charge >= 0.3 is 6.18 Å². The molecular weight excluding hydrogens is 407 g/mol. The number of aryl methyl sites for hydroxylation is 1. The summed E-state index contributed by atoms with van der Waals surface area (Å²) in [6, 6.07) is 15.3. The van der Waals surface area contributed by atoms with Crippen LogP contribution in [0.5, 0.6) is 0 Å².